The van der Waals surface area contributed by atoms with E-state index in [1.807, 2.05) is 6.92 Å². The molecule has 0 radical (unpaired) electrons. The van der Waals surface area contributed by atoms with Crippen LogP contribution in [0.1, 0.15) is 19.8 Å². The quantitative estimate of drug-likeness (QED) is 0.340. The Labute approximate surface area is 78.7 Å². The molecular weight excluding hydrogens is 168 g/mol. The number of Topliss-reactive ketones (excluding diaryl/α,β-unsaturated/α-hetero) is 1. The van der Waals surface area contributed by atoms with Crippen molar-refractivity contribution < 1.29 is 14.3 Å². The summed E-state index contributed by atoms with van der Waals surface area (Å²) in [6.07, 6.45) is 3.11. The van der Waals surface area contributed by atoms with E-state index in [-0.39, 0.29) is 5.78 Å². The third kappa shape index (κ3) is 2.64. The molecule has 1 aliphatic heterocycles. The molecule has 0 aromatic carbocycles. The molecule has 1 saturated heterocycles. The van der Waals surface area contributed by atoms with E-state index in [0.717, 1.165) is 6.42 Å². The van der Waals surface area contributed by atoms with Gasteiger partial charge in [-0.1, -0.05) is 13.0 Å². The number of rotatable bonds is 7. The van der Waals surface area contributed by atoms with E-state index in [9.17, 15) is 4.79 Å². The number of carbonyl (C=O) groups is 1. The first-order chi connectivity index (χ1) is 6.25. The summed E-state index contributed by atoms with van der Waals surface area (Å²) >= 11 is 0. The van der Waals surface area contributed by atoms with Gasteiger partial charge < -0.3 is 9.47 Å². The summed E-state index contributed by atoms with van der Waals surface area (Å²) in [5.74, 6) is 0.166. The van der Waals surface area contributed by atoms with Gasteiger partial charge in [-0.15, -0.1) is 6.58 Å². The second-order valence-electron chi connectivity index (χ2n) is 3.26. The van der Waals surface area contributed by atoms with Crippen LogP contribution in [0.25, 0.3) is 0 Å². The van der Waals surface area contributed by atoms with Crippen molar-refractivity contribution in [2.75, 3.05) is 19.8 Å². The Morgan fingerprint density at radius 1 is 1.77 bits per heavy atom. The molecule has 0 aromatic rings. The minimum absolute atomic E-state index is 0.166. The van der Waals surface area contributed by atoms with Crippen LogP contribution < -0.4 is 0 Å². The Kier molecular flexibility index (Phi) is 3.63. The van der Waals surface area contributed by atoms with Gasteiger partial charge in [0.15, 0.2) is 11.4 Å². The Hall–Kier alpha value is -0.670. The van der Waals surface area contributed by atoms with Crippen molar-refractivity contribution in [2.45, 2.75) is 25.4 Å². The summed E-state index contributed by atoms with van der Waals surface area (Å²) < 4.78 is 10.4. The Bertz CT molecular complexity index is 194. The van der Waals surface area contributed by atoms with Crippen molar-refractivity contribution in [3.05, 3.63) is 12.7 Å². The summed E-state index contributed by atoms with van der Waals surface area (Å²) in [5.41, 5.74) is -0.598. The monoisotopic (exact) mass is 184 g/mol. The molecule has 0 aliphatic carbocycles. The lowest BCUT2D eigenvalue weighted by molar-refractivity contribution is -0.126. The average Bonchev–Trinajstić information content (AvgIpc) is 2.87. The molecule has 0 saturated carbocycles. The molecule has 3 nitrogen and oxygen atoms in total. The highest BCUT2D eigenvalue weighted by Crippen LogP contribution is 2.30. The fourth-order valence-corrected chi connectivity index (χ4v) is 1.17. The van der Waals surface area contributed by atoms with Crippen LogP contribution in [-0.2, 0) is 14.3 Å². The van der Waals surface area contributed by atoms with Gasteiger partial charge in [-0.3, -0.25) is 4.79 Å². The van der Waals surface area contributed by atoms with E-state index in [0.29, 0.717) is 26.2 Å². The largest absolute Gasteiger partial charge is 0.374 e. The first-order valence-corrected chi connectivity index (χ1v) is 4.61. The molecule has 1 fully saturated rings. The third-order valence-electron chi connectivity index (χ3n) is 2.05. The predicted octanol–water partition coefficient (Wildman–Crippen LogP) is 1.33. The fourth-order valence-electron chi connectivity index (χ4n) is 1.17. The molecule has 1 aliphatic rings. The maximum absolute atomic E-state index is 11.5. The molecular formula is C10H16O3. The van der Waals surface area contributed by atoms with Gasteiger partial charge in [0.25, 0.3) is 0 Å². The number of ether oxygens (including phenoxy) is 2. The van der Waals surface area contributed by atoms with E-state index in [2.05, 4.69) is 6.58 Å². The van der Waals surface area contributed by atoms with Gasteiger partial charge in [0.05, 0.1) is 19.8 Å². The molecule has 3 heteroatoms. The van der Waals surface area contributed by atoms with Crippen molar-refractivity contribution in [2.24, 2.45) is 0 Å². The summed E-state index contributed by atoms with van der Waals surface area (Å²) in [6, 6.07) is 0. The van der Waals surface area contributed by atoms with Gasteiger partial charge in [0.2, 0.25) is 0 Å². The smallest absolute Gasteiger partial charge is 0.172 e. The van der Waals surface area contributed by atoms with Crippen molar-refractivity contribution in [3.63, 3.8) is 0 Å². The van der Waals surface area contributed by atoms with Crippen LogP contribution in [0.3, 0.4) is 0 Å². The standard InChI is InChI=1S/C10H16O3/c1-3-5-9(11)10(8-13-10)7-12-6-4-2/h4H,2-3,5-8H2,1H3. The highest BCUT2D eigenvalue weighted by atomic mass is 16.6. The van der Waals surface area contributed by atoms with Crippen molar-refractivity contribution in [3.8, 4) is 0 Å². The lowest BCUT2D eigenvalue weighted by Gasteiger charge is -2.09. The minimum atomic E-state index is -0.598. The fraction of sp³-hybridized carbons (Fsp3) is 0.700. The first kappa shape index (κ1) is 10.4. The van der Waals surface area contributed by atoms with E-state index in [1.165, 1.54) is 0 Å². The van der Waals surface area contributed by atoms with Crippen molar-refractivity contribution in [1.29, 1.82) is 0 Å². The lowest BCUT2D eigenvalue weighted by Crippen LogP contribution is -2.30. The number of epoxide rings is 1. The lowest BCUT2D eigenvalue weighted by atomic mass is 10.0. The Morgan fingerprint density at radius 2 is 2.46 bits per heavy atom. The average molecular weight is 184 g/mol. The Balaban J connectivity index is 2.29. The van der Waals surface area contributed by atoms with Crippen LogP contribution in [0, 0.1) is 0 Å². The van der Waals surface area contributed by atoms with Crippen molar-refractivity contribution >= 4 is 5.78 Å². The molecule has 0 N–H and O–H groups in total. The molecule has 0 amide bonds. The molecule has 74 valence electrons. The Morgan fingerprint density at radius 3 is 2.92 bits per heavy atom. The summed E-state index contributed by atoms with van der Waals surface area (Å²) in [5, 5.41) is 0. The SMILES string of the molecule is C=CCOCC1(C(=O)CCC)CO1. The molecule has 1 rings (SSSR count). The van der Waals surface area contributed by atoms with E-state index in [1.54, 1.807) is 6.08 Å². The predicted molar refractivity (Wildman–Crippen MR) is 49.6 cm³/mol. The molecule has 0 bridgehead atoms. The number of carbonyl (C=O) groups excluding carboxylic acids is 1. The summed E-state index contributed by atoms with van der Waals surface area (Å²) in [6.45, 7) is 6.88. The summed E-state index contributed by atoms with van der Waals surface area (Å²) in [4.78, 5) is 11.5. The van der Waals surface area contributed by atoms with Gasteiger partial charge in [0, 0.05) is 6.42 Å². The molecule has 13 heavy (non-hydrogen) atoms. The molecule has 1 atom stereocenters. The zero-order valence-corrected chi connectivity index (χ0v) is 8.04. The zero-order chi connectivity index (χ0) is 9.73. The van der Waals surface area contributed by atoms with Crippen LogP contribution >= 0.6 is 0 Å². The van der Waals surface area contributed by atoms with Crippen molar-refractivity contribution in [1.82, 2.24) is 0 Å². The van der Waals surface area contributed by atoms with Crippen LogP contribution in [0.15, 0.2) is 12.7 Å². The maximum atomic E-state index is 11.5. The number of hydrogen-bond donors (Lipinski definition) is 0. The molecule has 0 spiro atoms. The van der Waals surface area contributed by atoms with Crippen LogP contribution in [0.2, 0.25) is 0 Å². The maximum Gasteiger partial charge on any atom is 0.172 e. The second-order valence-corrected chi connectivity index (χ2v) is 3.26. The van der Waals surface area contributed by atoms with Crippen LogP contribution in [0.4, 0.5) is 0 Å². The second kappa shape index (κ2) is 4.53. The van der Waals surface area contributed by atoms with Gasteiger partial charge in [-0.2, -0.15) is 0 Å². The molecule has 1 unspecified atom stereocenters. The normalized spacial score (nSPS) is 25.6. The van der Waals surface area contributed by atoms with Gasteiger partial charge in [0.1, 0.15) is 0 Å². The van der Waals surface area contributed by atoms with Gasteiger partial charge >= 0.3 is 0 Å². The molecule has 1 heterocycles. The summed E-state index contributed by atoms with van der Waals surface area (Å²) in [7, 11) is 0. The third-order valence-corrected chi connectivity index (χ3v) is 2.05. The highest BCUT2D eigenvalue weighted by Gasteiger charge is 2.51. The van der Waals surface area contributed by atoms with Crippen LogP contribution in [0.5, 0.6) is 0 Å². The van der Waals surface area contributed by atoms with Gasteiger partial charge in [-0.25, -0.2) is 0 Å². The highest BCUT2D eigenvalue weighted by molar-refractivity contribution is 5.89. The molecule has 0 aromatic heterocycles. The van der Waals surface area contributed by atoms with Crippen LogP contribution in [-0.4, -0.2) is 31.2 Å². The van der Waals surface area contributed by atoms with E-state index < -0.39 is 5.60 Å². The number of hydrogen-bond acceptors (Lipinski definition) is 3. The topological polar surface area (TPSA) is 38.8 Å². The van der Waals surface area contributed by atoms with E-state index in [4.69, 9.17) is 9.47 Å². The minimum Gasteiger partial charge on any atom is -0.374 e. The van der Waals surface area contributed by atoms with E-state index >= 15 is 0 Å². The zero-order valence-electron chi connectivity index (χ0n) is 8.04. The number of ketones is 1. The van der Waals surface area contributed by atoms with Gasteiger partial charge in [-0.05, 0) is 6.42 Å². The first-order valence-electron chi connectivity index (χ1n) is 4.61.